The van der Waals surface area contributed by atoms with Gasteiger partial charge in [-0.25, -0.2) is 4.98 Å². The van der Waals surface area contributed by atoms with Gasteiger partial charge in [0, 0.05) is 32.2 Å². The summed E-state index contributed by atoms with van der Waals surface area (Å²) in [5, 5.41) is 3.83. The van der Waals surface area contributed by atoms with E-state index in [4.69, 9.17) is 4.74 Å². The van der Waals surface area contributed by atoms with Crippen molar-refractivity contribution >= 4 is 16.8 Å². The number of ether oxygens (including phenoxy) is 1. The molecule has 6 heteroatoms. The first-order chi connectivity index (χ1) is 13.7. The molecule has 0 atom stereocenters. The monoisotopic (exact) mass is 383 g/mol. The SMILES string of the molecule is O=C(NCC1CCOCC1)C1CCC(Cn2cnc3ccccc3c2=O)CC1. The van der Waals surface area contributed by atoms with E-state index in [1.807, 2.05) is 24.3 Å². The van der Waals surface area contributed by atoms with Crippen molar-refractivity contribution in [3.05, 3.63) is 40.9 Å². The smallest absolute Gasteiger partial charge is 0.261 e. The third-order valence-electron chi connectivity index (χ3n) is 6.31. The molecule has 1 aromatic heterocycles. The van der Waals surface area contributed by atoms with Crippen LogP contribution in [0.2, 0.25) is 0 Å². The van der Waals surface area contributed by atoms with Crippen LogP contribution in [0.15, 0.2) is 35.4 Å². The van der Waals surface area contributed by atoms with Crippen LogP contribution in [0, 0.1) is 17.8 Å². The lowest BCUT2D eigenvalue weighted by molar-refractivity contribution is -0.126. The third kappa shape index (κ3) is 4.43. The maximum absolute atomic E-state index is 12.7. The Morgan fingerprint density at radius 1 is 1.07 bits per heavy atom. The fourth-order valence-corrected chi connectivity index (χ4v) is 4.46. The second kappa shape index (κ2) is 8.86. The number of para-hydroxylation sites is 1. The van der Waals surface area contributed by atoms with Crippen LogP contribution in [0.25, 0.3) is 10.9 Å². The standard InChI is InChI=1S/C22H29N3O3/c26-21(23-13-16-9-11-28-12-10-16)18-7-5-17(6-8-18)14-25-15-24-20-4-2-1-3-19(20)22(25)27/h1-4,15-18H,5-14H2,(H,23,26). The van der Waals surface area contributed by atoms with Crippen LogP contribution in [0.5, 0.6) is 0 Å². The number of hydrogen-bond acceptors (Lipinski definition) is 4. The van der Waals surface area contributed by atoms with E-state index in [9.17, 15) is 9.59 Å². The zero-order valence-electron chi connectivity index (χ0n) is 16.3. The van der Waals surface area contributed by atoms with Gasteiger partial charge >= 0.3 is 0 Å². The van der Waals surface area contributed by atoms with Crippen molar-refractivity contribution in [1.82, 2.24) is 14.9 Å². The fraction of sp³-hybridized carbons (Fsp3) is 0.591. The van der Waals surface area contributed by atoms with Crippen molar-refractivity contribution < 1.29 is 9.53 Å². The summed E-state index contributed by atoms with van der Waals surface area (Å²) < 4.78 is 7.11. The number of fused-ring (bicyclic) bond motifs is 1. The van der Waals surface area contributed by atoms with Crippen molar-refractivity contribution in [2.75, 3.05) is 19.8 Å². The summed E-state index contributed by atoms with van der Waals surface area (Å²) >= 11 is 0. The average Bonchev–Trinajstić information content (AvgIpc) is 2.75. The van der Waals surface area contributed by atoms with E-state index in [1.165, 1.54) is 0 Å². The number of nitrogens with one attached hydrogen (secondary N) is 1. The molecule has 6 nitrogen and oxygen atoms in total. The summed E-state index contributed by atoms with van der Waals surface area (Å²) in [7, 11) is 0. The number of rotatable bonds is 5. The highest BCUT2D eigenvalue weighted by atomic mass is 16.5. The van der Waals surface area contributed by atoms with Crippen LogP contribution >= 0.6 is 0 Å². The molecular formula is C22H29N3O3. The van der Waals surface area contributed by atoms with Crippen molar-refractivity contribution in [3.63, 3.8) is 0 Å². The molecule has 150 valence electrons. The van der Waals surface area contributed by atoms with Crippen LogP contribution in [0.1, 0.15) is 38.5 Å². The van der Waals surface area contributed by atoms with Crippen molar-refractivity contribution in [2.45, 2.75) is 45.1 Å². The number of nitrogens with zero attached hydrogens (tertiary/aromatic N) is 2. The lowest BCUT2D eigenvalue weighted by atomic mass is 9.81. The minimum absolute atomic E-state index is 0.0296. The Morgan fingerprint density at radius 2 is 1.82 bits per heavy atom. The Morgan fingerprint density at radius 3 is 2.61 bits per heavy atom. The molecule has 0 unspecified atom stereocenters. The molecule has 2 aliphatic rings. The number of benzene rings is 1. The molecule has 0 spiro atoms. The van der Waals surface area contributed by atoms with Crippen LogP contribution in [-0.4, -0.2) is 35.2 Å². The number of amides is 1. The number of aromatic nitrogens is 2. The molecule has 0 bridgehead atoms. The molecular weight excluding hydrogens is 354 g/mol. The van der Waals surface area contributed by atoms with Crippen LogP contribution in [0.3, 0.4) is 0 Å². The topological polar surface area (TPSA) is 73.2 Å². The zero-order chi connectivity index (χ0) is 19.3. The van der Waals surface area contributed by atoms with Crippen molar-refractivity contribution in [3.8, 4) is 0 Å². The van der Waals surface area contributed by atoms with Crippen molar-refractivity contribution in [1.29, 1.82) is 0 Å². The second-order valence-corrected chi connectivity index (χ2v) is 8.24. The van der Waals surface area contributed by atoms with Gasteiger partial charge in [-0.2, -0.15) is 0 Å². The van der Waals surface area contributed by atoms with Gasteiger partial charge in [0.05, 0.1) is 17.2 Å². The first kappa shape index (κ1) is 19.1. The number of carbonyl (C=O) groups excluding carboxylic acids is 1. The molecule has 2 heterocycles. The molecule has 1 N–H and O–H groups in total. The van der Waals surface area contributed by atoms with E-state index in [0.717, 1.165) is 63.8 Å². The molecule has 1 saturated carbocycles. The summed E-state index contributed by atoms with van der Waals surface area (Å²) in [4.78, 5) is 29.6. The summed E-state index contributed by atoms with van der Waals surface area (Å²) in [6, 6.07) is 7.47. The second-order valence-electron chi connectivity index (χ2n) is 8.24. The van der Waals surface area contributed by atoms with Gasteiger partial charge in [-0.15, -0.1) is 0 Å². The molecule has 1 amide bonds. The van der Waals surface area contributed by atoms with Gasteiger partial charge in [-0.1, -0.05) is 12.1 Å². The van der Waals surface area contributed by atoms with E-state index >= 15 is 0 Å². The molecule has 1 saturated heterocycles. The molecule has 4 rings (SSSR count). The minimum atomic E-state index is 0.0296. The summed E-state index contributed by atoms with van der Waals surface area (Å²) in [6.45, 7) is 3.09. The summed E-state index contributed by atoms with van der Waals surface area (Å²) in [5.41, 5.74) is 0.774. The maximum atomic E-state index is 12.7. The van der Waals surface area contributed by atoms with Gasteiger partial charge < -0.3 is 10.1 Å². The first-order valence-corrected chi connectivity index (χ1v) is 10.5. The largest absolute Gasteiger partial charge is 0.381 e. The lowest BCUT2D eigenvalue weighted by Gasteiger charge is -2.29. The summed E-state index contributed by atoms with van der Waals surface area (Å²) in [6.07, 6.45) is 7.52. The predicted molar refractivity (Wildman–Crippen MR) is 108 cm³/mol. The number of hydrogen-bond donors (Lipinski definition) is 1. The zero-order valence-corrected chi connectivity index (χ0v) is 16.3. The van der Waals surface area contributed by atoms with Crippen LogP contribution < -0.4 is 10.9 Å². The average molecular weight is 383 g/mol. The highest BCUT2D eigenvalue weighted by Crippen LogP contribution is 2.30. The molecule has 2 aromatic rings. The van der Waals surface area contributed by atoms with Gasteiger partial charge in [0.2, 0.25) is 5.91 Å². The first-order valence-electron chi connectivity index (χ1n) is 10.5. The molecule has 28 heavy (non-hydrogen) atoms. The molecule has 2 fully saturated rings. The molecule has 1 aliphatic heterocycles. The number of carbonyl (C=O) groups is 1. The Kier molecular flexibility index (Phi) is 6.05. The van der Waals surface area contributed by atoms with E-state index in [1.54, 1.807) is 10.9 Å². The molecule has 0 radical (unpaired) electrons. The van der Waals surface area contributed by atoms with Crippen LogP contribution in [0.4, 0.5) is 0 Å². The highest BCUT2D eigenvalue weighted by Gasteiger charge is 2.27. The Labute approximate surface area is 165 Å². The molecule has 1 aliphatic carbocycles. The van der Waals surface area contributed by atoms with Gasteiger partial charge in [-0.05, 0) is 62.5 Å². The van der Waals surface area contributed by atoms with Crippen LogP contribution in [-0.2, 0) is 16.1 Å². The molecule has 1 aromatic carbocycles. The van der Waals surface area contributed by atoms with E-state index in [2.05, 4.69) is 10.3 Å². The Hall–Kier alpha value is -2.21. The third-order valence-corrected chi connectivity index (χ3v) is 6.31. The Balaban J connectivity index is 1.28. The Bertz CT molecular complexity index is 865. The van der Waals surface area contributed by atoms with Crippen molar-refractivity contribution in [2.24, 2.45) is 17.8 Å². The van der Waals surface area contributed by atoms with E-state index < -0.39 is 0 Å². The summed E-state index contributed by atoms with van der Waals surface area (Å²) in [5.74, 6) is 1.30. The van der Waals surface area contributed by atoms with E-state index in [-0.39, 0.29) is 17.4 Å². The van der Waals surface area contributed by atoms with Gasteiger partial charge in [0.15, 0.2) is 0 Å². The maximum Gasteiger partial charge on any atom is 0.261 e. The normalized spacial score (nSPS) is 23.6. The predicted octanol–water partition coefficient (Wildman–Crippen LogP) is 2.75. The minimum Gasteiger partial charge on any atom is -0.381 e. The highest BCUT2D eigenvalue weighted by molar-refractivity contribution is 5.78. The van der Waals surface area contributed by atoms with E-state index in [0.29, 0.717) is 23.8 Å². The lowest BCUT2D eigenvalue weighted by Crippen LogP contribution is -2.38. The fourth-order valence-electron chi connectivity index (χ4n) is 4.46. The quantitative estimate of drug-likeness (QED) is 0.862. The van der Waals surface area contributed by atoms with Gasteiger partial charge in [-0.3, -0.25) is 14.2 Å². The van der Waals surface area contributed by atoms with Gasteiger partial charge in [0.1, 0.15) is 0 Å². The van der Waals surface area contributed by atoms with Gasteiger partial charge in [0.25, 0.3) is 5.56 Å².